The van der Waals surface area contributed by atoms with Gasteiger partial charge in [0.25, 0.3) is 0 Å². The van der Waals surface area contributed by atoms with Gasteiger partial charge in [0, 0.05) is 32.7 Å². The van der Waals surface area contributed by atoms with Gasteiger partial charge in [-0.15, -0.1) is 0 Å². The van der Waals surface area contributed by atoms with Crippen molar-refractivity contribution in [2.75, 3.05) is 0 Å². The summed E-state index contributed by atoms with van der Waals surface area (Å²) in [5.74, 6) is 0. The van der Waals surface area contributed by atoms with Crippen LogP contribution in [-0.4, -0.2) is 6.79 Å². The van der Waals surface area contributed by atoms with Crippen molar-refractivity contribution in [3.63, 3.8) is 0 Å². The molecule has 0 heterocycles. The Bertz CT molecular complexity index is 22.9. The van der Waals surface area contributed by atoms with Gasteiger partial charge in [0.1, 0.15) is 0 Å². The molecule has 0 aromatic carbocycles. The van der Waals surface area contributed by atoms with E-state index in [2.05, 4.69) is 20.6 Å². The van der Waals surface area contributed by atoms with Gasteiger partial charge in [0.05, 0.1) is 0 Å². The van der Waals surface area contributed by atoms with Gasteiger partial charge in [-0.2, -0.15) is 6.42 Å². The summed E-state index contributed by atoms with van der Waals surface area (Å²) in [5, 5.41) is 0. The van der Waals surface area contributed by atoms with E-state index in [0.29, 0.717) is 0 Å². The molecular weight excluding hydrogens is 189 g/mol. The van der Waals surface area contributed by atoms with Gasteiger partial charge in [-0.3, -0.25) is 6.79 Å². The maximum atomic E-state index is 7.75. The van der Waals surface area contributed by atoms with E-state index in [1.165, 1.54) is 12.8 Å². The third-order valence-electron chi connectivity index (χ3n) is 0.604. The van der Waals surface area contributed by atoms with Crippen LogP contribution in [-0.2, 0) is 37.5 Å². The van der Waals surface area contributed by atoms with Crippen LogP contribution in [0.15, 0.2) is 0 Å². The quantitative estimate of drug-likeness (QED) is 0.499. The van der Waals surface area contributed by atoms with E-state index in [0.717, 1.165) is 6.42 Å². The molecule has 0 aromatic heterocycles. The number of rotatable bonds is 2. The second-order valence-electron chi connectivity index (χ2n) is 1.21. The van der Waals surface area contributed by atoms with E-state index in [1.54, 1.807) is 0 Å². The molecule has 0 saturated heterocycles. The molecule has 55 valence electrons. The zero-order valence-corrected chi connectivity index (χ0v) is 8.23. The van der Waals surface area contributed by atoms with Gasteiger partial charge in [-0.1, -0.05) is 27.2 Å². The van der Waals surface area contributed by atoms with Gasteiger partial charge in [0.15, 0.2) is 0 Å². The molecule has 0 unspecified atom stereocenters. The molecule has 0 bridgehead atoms. The van der Waals surface area contributed by atoms with Crippen LogP contribution >= 0.6 is 0 Å². The maximum absolute atomic E-state index is 7.75. The maximum Gasteiger partial charge on any atom is 0 e. The number of unbranched alkanes of at least 4 members (excludes halogenated alkanes) is 2. The average Bonchev–Trinajstić information content (AvgIpc) is 1.75. The Morgan fingerprint density at radius 1 is 1.44 bits per heavy atom. The van der Waals surface area contributed by atoms with Crippen LogP contribution < -0.4 is 0 Å². The number of hydrogen-bond acceptors (Lipinski definition) is 1. The smallest absolute Gasteiger partial charge is 0 e. The van der Waals surface area contributed by atoms with Gasteiger partial charge in [-0.05, 0) is 0 Å². The van der Waals surface area contributed by atoms with Crippen LogP contribution in [0.5, 0.6) is 0 Å². The minimum Gasteiger partial charge on any atom is -0.545 e. The molecule has 0 saturated carbocycles. The molecule has 0 atom stereocenters. The van der Waals surface area contributed by atoms with Gasteiger partial charge in [-0.25, -0.2) is 0 Å². The Balaban J connectivity index is -0.0000000286. The minimum absolute atomic E-state index is 0. The predicted molar refractivity (Wildman–Crippen MR) is 38.4 cm³/mol. The summed E-state index contributed by atoms with van der Waals surface area (Å²) >= 11 is 0. The first-order valence-electron chi connectivity index (χ1n) is 2.44. The zero-order valence-electron chi connectivity index (χ0n) is 5.39. The molecule has 0 aliphatic rings. The van der Waals surface area contributed by atoms with Crippen LogP contribution in [0.25, 0.3) is 0 Å². The van der Waals surface area contributed by atoms with Crippen molar-refractivity contribution in [1.29, 1.82) is 0 Å². The number of carbonyl (C=O) groups excluding carboxylic acids is 1. The molecule has 1 radical (unpaired) electrons. The molecule has 0 aliphatic carbocycles. The Labute approximate surface area is 84.5 Å². The fraction of sp³-hybridized carbons (Fsp3) is 0.714. The van der Waals surface area contributed by atoms with Crippen LogP contribution in [0.2, 0.25) is 0 Å². The molecule has 1 nitrogen and oxygen atoms in total. The van der Waals surface area contributed by atoms with E-state index in [1.807, 2.05) is 0 Å². The summed E-state index contributed by atoms with van der Waals surface area (Å²) < 4.78 is 0. The zero-order chi connectivity index (χ0) is 6.12. The van der Waals surface area contributed by atoms with Gasteiger partial charge in [0.2, 0.25) is 0 Å². The van der Waals surface area contributed by atoms with Crippen molar-refractivity contribution in [1.82, 2.24) is 0 Å². The molecule has 9 heavy (non-hydrogen) atoms. The van der Waals surface area contributed by atoms with E-state index in [4.69, 9.17) is 4.79 Å². The Morgan fingerprint density at radius 2 is 1.78 bits per heavy atom. The molecule has 0 rings (SSSR count). The van der Waals surface area contributed by atoms with Crippen molar-refractivity contribution < 1.29 is 37.5 Å². The fourth-order valence-corrected chi connectivity index (χ4v) is 0.250. The molecule has 0 spiro atoms. The average molecular weight is 205 g/mol. The Hall–Kier alpha value is 0.774. The Morgan fingerprint density at radius 3 is 1.78 bits per heavy atom. The summed E-state index contributed by atoms with van der Waals surface area (Å²) in [6, 6.07) is 0. The standard InChI is InChI=1S/C5H11.CHO.CH4.Y/c1-3-5-4-2;1-2;;/h1,3-5H2,2H3;1H;1H4;/q2*-1;;. The van der Waals surface area contributed by atoms with Crippen molar-refractivity contribution in [2.24, 2.45) is 0 Å². The molecule has 0 aliphatic heterocycles. The monoisotopic (exact) mass is 205 g/mol. The molecule has 2 heteroatoms. The second-order valence-corrected chi connectivity index (χ2v) is 1.21. The molecular formula is C7H16OY-2. The van der Waals surface area contributed by atoms with Crippen molar-refractivity contribution in [3.8, 4) is 0 Å². The fourth-order valence-electron chi connectivity index (χ4n) is 0.250. The molecule has 0 amide bonds. The Kier molecular flexibility index (Phi) is 93.4. The number of hydrogen-bond donors (Lipinski definition) is 0. The SMILES string of the molecule is C.[CH-]=O.[CH2-]CCCC.[Y]. The van der Waals surface area contributed by atoms with E-state index in [-0.39, 0.29) is 40.1 Å². The molecule has 0 fully saturated rings. The van der Waals surface area contributed by atoms with E-state index in [9.17, 15) is 0 Å². The van der Waals surface area contributed by atoms with E-state index < -0.39 is 0 Å². The summed E-state index contributed by atoms with van der Waals surface area (Å²) in [6.07, 6.45) is 3.65. The van der Waals surface area contributed by atoms with Gasteiger partial charge < -0.3 is 11.7 Å². The molecule has 0 N–H and O–H groups in total. The van der Waals surface area contributed by atoms with E-state index >= 15 is 0 Å². The predicted octanol–water partition coefficient (Wildman–Crippen LogP) is 2.37. The normalized spacial score (nSPS) is 5.11. The summed E-state index contributed by atoms with van der Waals surface area (Å²) in [5.41, 5.74) is 0. The van der Waals surface area contributed by atoms with Crippen molar-refractivity contribution in [2.45, 2.75) is 33.6 Å². The van der Waals surface area contributed by atoms with Crippen LogP contribution in [0, 0.1) is 6.92 Å². The topological polar surface area (TPSA) is 17.1 Å². The van der Waals surface area contributed by atoms with Crippen molar-refractivity contribution >= 4 is 6.79 Å². The van der Waals surface area contributed by atoms with Crippen molar-refractivity contribution in [3.05, 3.63) is 6.92 Å². The first-order chi connectivity index (χ1) is 3.41. The summed E-state index contributed by atoms with van der Waals surface area (Å²) in [7, 11) is 0. The largest absolute Gasteiger partial charge is 0.545 e. The van der Waals surface area contributed by atoms with Crippen LogP contribution in [0.4, 0.5) is 0 Å². The first-order valence-corrected chi connectivity index (χ1v) is 2.44. The summed E-state index contributed by atoms with van der Waals surface area (Å²) in [4.78, 5) is 7.75. The van der Waals surface area contributed by atoms with Gasteiger partial charge >= 0.3 is 0 Å². The first kappa shape index (κ1) is 22.6. The second kappa shape index (κ2) is 37.2. The third-order valence-corrected chi connectivity index (χ3v) is 0.604. The minimum atomic E-state index is 0. The third kappa shape index (κ3) is 52.3. The van der Waals surface area contributed by atoms with Crippen LogP contribution in [0.3, 0.4) is 0 Å². The van der Waals surface area contributed by atoms with Crippen LogP contribution in [0.1, 0.15) is 33.6 Å². The summed E-state index contributed by atoms with van der Waals surface area (Å²) in [6.45, 7) is 9.10. The molecule has 0 aromatic rings.